The average molecular weight is 361 g/mol. The molecule has 4 nitrogen and oxygen atoms in total. The van der Waals surface area contributed by atoms with Gasteiger partial charge in [-0.15, -0.1) is 0 Å². The first-order valence-electron chi connectivity index (χ1n) is 8.55. The fourth-order valence-electron chi connectivity index (χ4n) is 3.26. The van der Waals surface area contributed by atoms with Crippen LogP contribution in [0.3, 0.4) is 0 Å². The van der Waals surface area contributed by atoms with E-state index in [1.54, 1.807) is 13.2 Å². The van der Waals surface area contributed by atoms with E-state index in [2.05, 4.69) is 10.1 Å². The smallest absolute Gasteiger partial charge is 0.435 e. The van der Waals surface area contributed by atoms with Gasteiger partial charge in [0.05, 0.1) is 18.6 Å². The van der Waals surface area contributed by atoms with Gasteiger partial charge in [0, 0.05) is 34.3 Å². The van der Waals surface area contributed by atoms with Crippen LogP contribution in [-0.2, 0) is 17.5 Å². The second kappa shape index (κ2) is 6.23. The van der Waals surface area contributed by atoms with Crippen molar-refractivity contribution in [1.82, 2.24) is 14.8 Å². The van der Waals surface area contributed by atoms with Crippen molar-refractivity contribution in [2.75, 3.05) is 6.61 Å². The highest BCUT2D eigenvalue weighted by molar-refractivity contribution is 5.88. The van der Waals surface area contributed by atoms with Crippen LogP contribution in [0.5, 0.6) is 0 Å². The number of H-pyrrole nitrogens is 1. The lowest BCUT2D eigenvalue weighted by molar-refractivity contribution is -0.141. The molecular formula is C19H18F3N3O. The lowest BCUT2D eigenvalue weighted by Gasteiger charge is -2.11. The summed E-state index contributed by atoms with van der Waals surface area (Å²) in [6, 6.07) is 8.71. The molecule has 0 fully saturated rings. The van der Waals surface area contributed by atoms with Crippen LogP contribution < -0.4 is 0 Å². The molecule has 1 N–H and O–H groups in total. The third-order valence-corrected chi connectivity index (χ3v) is 4.57. The molecule has 0 spiro atoms. The number of hydrogen-bond donors (Lipinski definition) is 1. The maximum atomic E-state index is 13.0. The highest BCUT2D eigenvalue weighted by Crippen LogP contribution is 2.33. The van der Waals surface area contributed by atoms with Crippen LogP contribution in [0.15, 0.2) is 36.6 Å². The molecule has 0 amide bonds. The molecule has 4 rings (SSSR count). The number of ether oxygens (including phenoxy) is 1. The number of aryl methyl sites for hydroxylation is 1. The second-order valence-electron chi connectivity index (χ2n) is 6.33. The summed E-state index contributed by atoms with van der Waals surface area (Å²) in [6.45, 7) is 2.88. The molecule has 136 valence electrons. The SMILES string of the molecule is CCn1nc(C(F)(F)F)cc1-c1ccc2[nH]c(C3=COCCC3)cc2c1. The van der Waals surface area contributed by atoms with Crippen molar-refractivity contribution in [3.8, 4) is 11.3 Å². The van der Waals surface area contributed by atoms with Crippen LogP contribution in [0.1, 0.15) is 31.2 Å². The number of alkyl halides is 3. The number of aromatic nitrogens is 3. The summed E-state index contributed by atoms with van der Waals surface area (Å²) in [7, 11) is 0. The number of aromatic amines is 1. The summed E-state index contributed by atoms with van der Waals surface area (Å²) >= 11 is 0. The largest absolute Gasteiger partial charge is 0.501 e. The maximum absolute atomic E-state index is 13.0. The first-order chi connectivity index (χ1) is 12.5. The van der Waals surface area contributed by atoms with Gasteiger partial charge >= 0.3 is 6.18 Å². The number of allylic oxidation sites excluding steroid dienone is 1. The lowest BCUT2D eigenvalue weighted by Crippen LogP contribution is -2.07. The first-order valence-corrected chi connectivity index (χ1v) is 8.55. The van der Waals surface area contributed by atoms with E-state index < -0.39 is 11.9 Å². The number of hydrogen-bond acceptors (Lipinski definition) is 2. The number of rotatable bonds is 3. The zero-order valence-electron chi connectivity index (χ0n) is 14.2. The first kappa shape index (κ1) is 16.8. The molecule has 0 atom stereocenters. The monoisotopic (exact) mass is 361 g/mol. The van der Waals surface area contributed by atoms with Gasteiger partial charge in [0.2, 0.25) is 0 Å². The summed E-state index contributed by atoms with van der Waals surface area (Å²) < 4.78 is 45.8. The van der Waals surface area contributed by atoms with Crippen LogP contribution >= 0.6 is 0 Å². The highest BCUT2D eigenvalue weighted by atomic mass is 19.4. The van der Waals surface area contributed by atoms with Gasteiger partial charge in [0.1, 0.15) is 0 Å². The number of fused-ring (bicyclic) bond motifs is 1. The Labute approximate surface area is 148 Å². The Balaban J connectivity index is 1.76. The van der Waals surface area contributed by atoms with Crippen molar-refractivity contribution in [1.29, 1.82) is 0 Å². The van der Waals surface area contributed by atoms with Crippen molar-refractivity contribution in [3.63, 3.8) is 0 Å². The predicted molar refractivity (Wildman–Crippen MR) is 93.4 cm³/mol. The van der Waals surface area contributed by atoms with Crippen molar-refractivity contribution in [2.24, 2.45) is 0 Å². The standard InChI is InChI=1S/C19H18F3N3O/c1-2-25-17(10-18(24-25)19(20,21)22)12-5-6-15-14(8-12)9-16(23-15)13-4-3-7-26-11-13/h5-6,8-11,23H,2-4,7H2,1H3. The molecule has 1 aliphatic heterocycles. The zero-order valence-corrected chi connectivity index (χ0v) is 14.2. The molecule has 0 saturated carbocycles. The summed E-state index contributed by atoms with van der Waals surface area (Å²) in [5.41, 5.74) is 3.33. The molecule has 0 saturated heterocycles. The minimum absolute atomic E-state index is 0.367. The molecule has 3 heterocycles. The van der Waals surface area contributed by atoms with Crippen LogP contribution in [0.4, 0.5) is 13.2 Å². The van der Waals surface area contributed by atoms with Gasteiger partial charge in [0.15, 0.2) is 5.69 Å². The van der Waals surface area contributed by atoms with Gasteiger partial charge in [-0.05, 0) is 44.0 Å². The Bertz CT molecular complexity index is 982. The summed E-state index contributed by atoms with van der Waals surface area (Å²) in [4.78, 5) is 3.35. The summed E-state index contributed by atoms with van der Waals surface area (Å²) in [6.07, 6.45) is -0.759. The molecule has 0 aliphatic carbocycles. The summed E-state index contributed by atoms with van der Waals surface area (Å²) in [5.74, 6) is 0. The van der Waals surface area contributed by atoms with Crippen molar-refractivity contribution < 1.29 is 17.9 Å². The fourth-order valence-corrected chi connectivity index (χ4v) is 3.26. The molecular weight excluding hydrogens is 343 g/mol. The molecule has 1 aliphatic rings. The Kier molecular flexibility index (Phi) is 4.01. The van der Waals surface area contributed by atoms with Crippen LogP contribution in [0.25, 0.3) is 27.7 Å². The minimum Gasteiger partial charge on any atom is -0.501 e. The number of nitrogens with zero attached hydrogens (tertiary/aromatic N) is 2. The van der Waals surface area contributed by atoms with Crippen molar-refractivity contribution >= 4 is 16.5 Å². The van der Waals surface area contributed by atoms with Gasteiger partial charge in [0.25, 0.3) is 0 Å². The van der Waals surface area contributed by atoms with E-state index in [1.165, 1.54) is 4.68 Å². The summed E-state index contributed by atoms with van der Waals surface area (Å²) in [5, 5.41) is 4.64. The fraction of sp³-hybridized carbons (Fsp3) is 0.316. The maximum Gasteiger partial charge on any atom is 0.435 e. The van der Waals surface area contributed by atoms with E-state index in [9.17, 15) is 13.2 Å². The molecule has 0 unspecified atom stereocenters. The minimum atomic E-state index is -4.45. The third-order valence-electron chi connectivity index (χ3n) is 4.57. The van der Waals surface area contributed by atoms with Gasteiger partial charge in [-0.25, -0.2) is 0 Å². The lowest BCUT2D eigenvalue weighted by atomic mass is 10.1. The Morgan fingerprint density at radius 2 is 2.08 bits per heavy atom. The molecule has 1 aromatic carbocycles. The van der Waals surface area contributed by atoms with E-state index in [-0.39, 0.29) is 0 Å². The van der Waals surface area contributed by atoms with Crippen molar-refractivity contribution in [2.45, 2.75) is 32.5 Å². The third kappa shape index (κ3) is 2.98. The van der Waals surface area contributed by atoms with E-state index >= 15 is 0 Å². The zero-order chi connectivity index (χ0) is 18.3. The normalized spacial score (nSPS) is 15.2. The van der Waals surface area contributed by atoms with Gasteiger partial charge in [-0.2, -0.15) is 18.3 Å². The molecule has 2 aromatic heterocycles. The molecule has 0 radical (unpaired) electrons. The Hall–Kier alpha value is -2.70. The number of halogens is 3. The van der Waals surface area contributed by atoms with Gasteiger partial charge < -0.3 is 9.72 Å². The second-order valence-corrected chi connectivity index (χ2v) is 6.33. The molecule has 26 heavy (non-hydrogen) atoms. The molecule has 7 heteroatoms. The van der Waals surface area contributed by atoms with E-state index in [0.717, 1.165) is 47.7 Å². The van der Waals surface area contributed by atoms with Gasteiger partial charge in [-0.1, -0.05) is 6.07 Å². The quantitative estimate of drug-likeness (QED) is 0.695. The van der Waals surface area contributed by atoms with E-state index in [4.69, 9.17) is 4.74 Å². The van der Waals surface area contributed by atoms with E-state index in [1.807, 2.05) is 24.3 Å². The van der Waals surface area contributed by atoms with Crippen LogP contribution in [-0.4, -0.2) is 21.4 Å². The van der Waals surface area contributed by atoms with Crippen LogP contribution in [0.2, 0.25) is 0 Å². The highest BCUT2D eigenvalue weighted by Gasteiger charge is 2.35. The molecule has 3 aromatic rings. The Morgan fingerprint density at radius 1 is 1.23 bits per heavy atom. The predicted octanol–water partition coefficient (Wildman–Crippen LogP) is 5.22. The average Bonchev–Trinajstić information content (AvgIpc) is 3.25. The Morgan fingerprint density at radius 3 is 2.77 bits per heavy atom. The topological polar surface area (TPSA) is 42.8 Å². The van der Waals surface area contributed by atoms with Crippen molar-refractivity contribution in [3.05, 3.63) is 48.0 Å². The molecule has 0 bridgehead atoms. The van der Waals surface area contributed by atoms with E-state index in [0.29, 0.717) is 17.8 Å². The van der Waals surface area contributed by atoms with Crippen LogP contribution in [0, 0.1) is 0 Å². The number of benzene rings is 1. The number of nitrogens with one attached hydrogen (secondary N) is 1. The van der Waals surface area contributed by atoms with Gasteiger partial charge in [-0.3, -0.25) is 4.68 Å².